The molecule has 0 atom stereocenters. The molecule has 1 aromatic carbocycles. The Balaban J connectivity index is 3.26. The van der Waals surface area contributed by atoms with Crippen LogP contribution in [0.15, 0.2) is 17.0 Å². The van der Waals surface area contributed by atoms with E-state index in [2.05, 4.69) is 5.32 Å². The molecule has 0 unspecified atom stereocenters. The SMILES string of the molecule is CCCN(C)S(=O)(=O)c1ccc(F)c(CNCC)c1F. The minimum absolute atomic E-state index is 0.0466. The van der Waals surface area contributed by atoms with Gasteiger partial charge in [-0.1, -0.05) is 13.8 Å². The van der Waals surface area contributed by atoms with E-state index in [0.29, 0.717) is 13.0 Å². The Kier molecular flexibility index (Phi) is 6.04. The second kappa shape index (κ2) is 7.10. The smallest absolute Gasteiger partial charge is 0.245 e. The summed E-state index contributed by atoms with van der Waals surface area (Å²) in [5, 5.41) is 2.79. The molecule has 1 N–H and O–H groups in total. The molecule has 7 heteroatoms. The summed E-state index contributed by atoms with van der Waals surface area (Å²) in [5.41, 5.74) is -0.252. The van der Waals surface area contributed by atoms with Crippen LogP contribution in [0.5, 0.6) is 0 Å². The van der Waals surface area contributed by atoms with Crippen molar-refractivity contribution in [3.05, 3.63) is 29.3 Å². The number of nitrogens with one attached hydrogen (secondary N) is 1. The third-order valence-corrected chi connectivity index (χ3v) is 4.80. The molecule has 0 amide bonds. The molecule has 4 nitrogen and oxygen atoms in total. The number of benzene rings is 1. The molecular weight excluding hydrogens is 286 g/mol. The molecule has 0 fully saturated rings. The summed E-state index contributed by atoms with van der Waals surface area (Å²) in [4.78, 5) is -0.484. The molecule has 1 aromatic rings. The molecule has 0 saturated carbocycles. The van der Waals surface area contributed by atoms with Crippen molar-refractivity contribution in [1.82, 2.24) is 9.62 Å². The van der Waals surface area contributed by atoms with Crippen LogP contribution in [0, 0.1) is 11.6 Å². The van der Waals surface area contributed by atoms with E-state index in [-0.39, 0.29) is 18.7 Å². The molecule has 0 bridgehead atoms. The highest BCUT2D eigenvalue weighted by Gasteiger charge is 2.26. The summed E-state index contributed by atoms with van der Waals surface area (Å²) < 4.78 is 53.4. The Hall–Kier alpha value is -1.05. The maximum Gasteiger partial charge on any atom is 0.245 e. The second-order valence-electron chi connectivity index (χ2n) is 4.44. The van der Waals surface area contributed by atoms with Gasteiger partial charge in [0.15, 0.2) is 5.82 Å². The van der Waals surface area contributed by atoms with Gasteiger partial charge in [-0.25, -0.2) is 21.5 Å². The molecular formula is C13H20F2N2O2S. The summed E-state index contributed by atoms with van der Waals surface area (Å²) >= 11 is 0. The molecule has 1 rings (SSSR count). The molecule has 0 saturated heterocycles. The van der Waals surface area contributed by atoms with Gasteiger partial charge >= 0.3 is 0 Å². The largest absolute Gasteiger partial charge is 0.313 e. The van der Waals surface area contributed by atoms with Crippen molar-refractivity contribution >= 4 is 10.0 Å². The van der Waals surface area contributed by atoms with Gasteiger partial charge < -0.3 is 5.32 Å². The third-order valence-electron chi connectivity index (χ3n) is 2.93. The minimum atomic E-state index is -3.93. The van der Waals surface area contributed by atoms with Gasteiger partial charge in [-0.05, 0) is 25.1 Å². The molecule has 114 valence electrons. The number of hydrogen-bond acceptors (Lipinski definition) is 3. The Bertz CT molecular complexity index is 562. The van der Waals surface area contributed by atoms with Crippen LogP contribution in [-0.4, -0.2) is 32.9 Å². The Morgan fingerprint density at radius 3 is 2.45 bits per heavy atom. The number of nitrogens with zero attached hydrogens (tertiary/aromatic N) is 1. The van der Waals surface area contributed by atoms with Crippen LogP contribution in [0.25, 0.3) is 0 Å². The van der Waals surface area contributed by atoms with E-state index in [0.717, 1.165) is 16.4 Å². The fourth-order valence-corrected chi connectivity index (χ4v) is 3.14. The van der Waals surface area contributed by atoms with E-state index in [4.69, 9.17) is 0 Å². The van der Waals surface area contributed by atoms with Crippen LogP contribution in [-0.2, 0) is 16.6 Å². The van der Waals surface area contributed by atoms with Crippen molar-refractivity contribution in [3.63, 3.8) is 0 Å². The van der Waals surface area contributed by atoms with Crippen molar-refractivity contribution in [2.75, 3.05) is 20.1 Å². The quantitative estimate of drug-likeness (QED) is 0.839. The first-order chi connectivity index (χ1) is 9.36. The fourth-order valence-electron chi connectivity index (χ4n) is 1.79. The summed E-state index contributed by atoms with van der Waals surface area (Å²) in [6.45, 7) is 4.39. The highest BCUT2D eigenvalue weighted by molar-refractivity contribution is 7.89. The Morgan fingerprint density at radius 1 is 1.25 bits per heavy atom. The number of rotatable bonds is 7. The molecule has 0 aromatic heterocycles. The van der Waals surface area contributed by atoms with Crippen LogP contribution in [0.4, 0.5) is 8.78 Å². The summed E-state index contributed by atoms with van der Waals surface area (Å²) in [7, 11) is -2.55. The zero-order valence-corrected chi connectivity index (χ0v) is 12.7. The normalized spacial score (nSPS) is 12.1. The van der Waals surface area contributed by atoms with Crippen molar-refractivity contribution < 1.29 is 17.2 Å². The van der Waals surface area contributed by atoms with Crippen LogP contribution >= 0.6 is 0 Å². The molecule has 0 spiro atoms. The molecule has 0 heterocycles. The van der Waals surface area contributed by atoms with Crippen LogP contribution in [0.3, 0.4) is 0 Å². The van der Waals surface area contributed by atoms with Crippen molar-refractivity contribution in [3.8, 4) is 0 Å². The zero-order valence-electron chi connectivity index (χ0n) is 11.9. The van der Waals surface area contributed by atoms with E-state index in [1.165, 1.54) is 7.05 Å². The van der Waals surface area contributed by atoms with Gasteiger partial charge in [0.05, 0.1) is 0 Å². The number of sulfonamides is 1. The lowest BCUT2D eigenvalue weighted by Gasteiger charge is -2.18. The first kappa shape index (κ1) is 17.0. The van der Waals surface area contributed by atoms with E-state index in [9.17, 15) is 17.2 Å². The van der Waals surface area contributed by atoms with Crippen molar-refractivity contribution in [2.45, 2.75) is 31.7 Å². The van der Waals surface area contributed by atoms with E-state index >= 15 is 0 Å². The lowest BCUT2D eigenvalue weighted by molar-refractivity contribution is 0.457. The molecule has 0 radical (unpaired) electrons. The zero-order chi connectivity index (χ0) is 15.3. The van der Waals surface area contributed by atoms with Crippen LogP contribution < -0.4 is 5.32 Å². The maximum atomic E-state index is 14.3. The first-order valence-corrected chi connectivity index (χ1v) is 7.94. The van der Waals surface area contributed by atoms with E-state index in [1.807, 2.05) is 6.92 Å². The standard InChI is InChI=1S/C13H20F2N2O2S/c1-4-8-17(3)20(18,19)12-7-6-11(14)10(13(12)15)9-16-5-2/h6-7,16H,4-5,8-9H2,1-3H3. The number of halogens is 2. The topological polar surface area (TPSA) is 49.4 Å². The van der Waals surface area contributed by atoms with Gasteiger partial charge in [0.2, 0.25) is 10.0 Å². The third kappa shape index (κ3) is 3.53. The Morgan fingerprint density at radius 2 is 1.90 bits per heavy atom. The van der Waals surface area contributed by atoms with Crippen LogP contribution in [0.2, 0.25) is 0 Å². The highest BCUT2D eigenvalue weighted by atomic mass is 32.2. The predicted molar refractivity (Wildman–Crippen MR) is 73.8 cm³/mol. The minimum Gasteiger partial charge on any atom is -0.313 e. The van der Waals surface area contributed by atoms with Crippen molar-refractivity contribution in [1.29, 1.82) is 0 Å². The molecule has 0 aliphatic carbocycles. The first-order valence-electron chi connectivity index (χ1n) is 6.50. The molecule has 0 aliphatic heterocycles. The summed E-state index contributed by atoms with van der Waals surface area (Å²) in [5.74, 6) is -1.77. The molecule has 20 heavy (non-hydrogen) atoms. The van der Waals surface area contributed by atoms with Gasteiger partial charge in [-0.15, -0.1) is 0 Å². The van der Waals surface area contributed by atoms with Gasteiger partial charge in [0, 0.05) is 25.7 Å². The predicted octanol–water partition coefficient (Wildman–Crippen LogP) is 2.10. The van der Waals surface area contributed by atoms with Crippen LogP contribution in [0.1, 0.15) is 25.8 Å². The Labute approximate surface area is 118 Å². The van der Waals surface area contributed by atoms with Crippen molar-refractivity contribution in [2.24, 2.45) is 0 Å². The lowest BCUT2D eigenvalue weighted by Crippen LogP contribution is -2.29. The van der Waals surface area contributed by atoms with Gasteiger partial charge in [0.1, 0.15) is 10.7 Å². The number of hydrogen-bond donors (Lipinski definition) is 1. The van der Waals surface area contributed by atoms with E-state index in [1.54, 1.807) is 6.92 Å². The fraction of sp³-hybridized carbons (Fsp3) is 0.538. The average molecular weight is 306 g/mol. The van der Waals surface area contributed by atoms with Gasteiger partial charge in [0.25, 0.3) is 0 Å². The second-order valence-corrected chi connectivity index (χ2v) is 6.46. The van der Waals surface area contributed by atoms with Gasteiger partial charge in [-0.2, -0.15) is 0 Å². The van der Waals surface area contributed by atoms with E-state index < -0.39 is 26.6 Å². The average Bonchev–Trinajstić information content (AvgIpc) is 2.38. The maximum absolute atomic E-state index is 14.3. The highest BCUT2D eigenvalue weighted by Crippen LogP contribution is 2.23. The lowest BCUT2D eigenvalue weighted by atomic mass is 10.2. The summed E-state index contributed by atoms with van der Waals surface area (Å²) in [6, 6.07) is 1.96. The summed E-state index contributed by atoms with van der Waals surface area (Å²) in [6.07, 6.45) is 0.614. The monoisotopic (exact) mass is 306 g/mol. The van der Waals surface area contributed by atoms with Gasteiger partial charge in [-0.3, -0.25) is 0 Å². The molecule has 0 aliphatic rings.